The molecule has 1 fully saturated rings. The molecule has 0 bridgehead atoms. The van der Waals surface area contributed by atoms with Gasteiger partial charge >= 0.3 is 0 Å². The first kappa shape index (κ1) is 21.6. The molecular formula is C21H34FN3O2. The molecular weight excluding hydrogens is 345 g/mol. The van der Waals surface area contributed by atoms with Gasteiger partial charge in [0.25, 0.3) is 0 Å². The fraction of sp³-hybridized carbons (Fsp3) is 0.667. The molecule has 2 rings (SSSR count). The van der Waals surface area contributed by atoms with Crippen molar-refractivity contribution in [1.82, 2.24) is 10.6 Å². The van der Waals surface area contributed by atoms with Crippen LogP contribution < -0.4 is 10.6 Å². The SMILES string of the molecule is CCNC(=NCC(C)(C)c1ccccc1F)NCCCOCC1CCCO1. The summed E-state index contributed by atoms with van der Waals surface area (Å²) in [6.07, 6.45) is 3.42. The quantitative estimate of drug-likeness (QED) is 0.372. The molecule has 1 aliphatic heterocycles. The Balaban J connectivity index is 1.75. The second-order valence-corrected chi connectivity index (χ2v) is 7.55. The summed E-state index contributed by atoms with van der Waals surface area (Å²) in [6.45, 7) is 10.4. The molecule has 1 unspecified atom stereocenters. The van der Waals surface area contributed by atoms with E-state index >= 15 is 0 Å². The van der Waals surface area contributed by atoms with Gasteiger partial charge in [-0.15, -0.1) is 0 Å². The summed E-state index contributed by atoms with van der Waals surface area (Å²) in [5, 5.41) is 6.56. The Morgan fingerprint density at radius 2 is 2.15 bits per heavy atom. The van der Waals surface area contributed by atoms with Gasteiger partial charge in [0.2, 0.25) is 0 Å². The second kappa shape index (κ2) is 11.2. The molecule has 0 spiro atoms. The van der Waals surface area contributed by atoms with Crippen LogP contribution in [0.3, 0.4) is 0 Å². The summed E-state index contributed by atoms with van der Waals surface area (Å²) in [5.41, 5.74) is 0.310. The van der Waals surface area contributed by atoms with E-state index in [9.17, 15) is 4.39 Å². The van der Waals surface area contributed by atoms with Crippen LogP contribution in [-0.2, 0) is 14.9 Å². The molecule has 0 aliphatic carbocycles. The van der Waals surface area contributed by atoms with E-state index in [1.807, 2.05) is 32.9 Å². The molecule has 27 heavy (non-hydrogen) atoms. The molecule has 0 saturated carbocycles. The first-order valence-electron chi connectivity index (χ1n) is 9.99. The molecule has 2 N–H and O–H groups in total. The fourth-order valence-electron chi connectivity index (χ4n) is 3.09. The Hall–Kier alpha value is -1.66. The molecule has 6 heteroatoms. The Morgan fingerprint density at radius 1 is 1.33 bits per heavy atom. The number of benzene rings is 1. The predicted octanol–water partition coefficient (Wildman–Crippen LogP) is 3.24. The summed E-state index contributed by atoms with van der Waals surface area (Å²) in [6, 6.07) is 6.91. The van der Waals surface area contributed by atoms with Crippen LogP contribution in [0.2, 0.25) is 0 Å². The van der Waals surface area contributed by atoms with Gasteiger partial charge in [0, 0.05) is 31.7 Å². The van der Waals surface area contributed by atoms with Gasteiger partial charge in [-0.2, -0.15) is 0 Å². The van der Waals surface area contributed by atoms with Crippen molar-refractivity contribution in [1.29, 1.82) is 0 Å². The molecule has 152 valence electrons. The Labute approximate surface area is 162 Å². The first-order valence-corrected chi connectivity index (χ1v) is 9.99. The third-order valence-corrected chi connectivity index (χ3v) is 4.67. The molecule has 1 aromatic rings. The van der Waals surface area contributed by atoms with Crippen molar-refractivity contribution in [3.05, 3.63) is 35.6 Å². The number of hydrogen-bond donors (Lipinski definition) is 2. The van der Waals surface area contributed by atoms with Gasteiger partial charge in [0.15, 0.2) is 5.96 Å². The molecule has 0 aromatic heterocycles. The number of aliphatic imine (C=N–C) groups is 1. The van der Waals surface area contributed by atoms with Gasteiger partial charge in [-0.3, -0.25) is 4.99 Å². The minimum atomic E-state index is -0.377. The highest BCUT2D eigenvalue weighted by Gasteiger charge is 2.23. The average molecular weight is 380 g/mol. The number of guanidine groups is 1. The maximum Gasteiger partial charge on any atom is 0.191 e. The number of rotatable bonds is 10. The van der Waals surface area contributed by atoms with Crippen molar-refractivity contribution in [2.24, 2.45) is 4.99 Å². The van der Waals surface area contributed by atoms with E-state index in [-0.39, 0.29) is 17.3 Å². The van der Waals surface area contributed by atoms with Crippen LogP contribution in [0.4, 0.5) is 4.39 Å². The van der Waals surface area contributed by atoms with Crippen molar-refractivity contribution >= 4 is 5.96 Å². The molecule has 5 nitrogen and oxygen atoms in total. The summed E-state index contributed by atoms with van der Waals surface area (Å²) >= 11 is 0. The van der Waals surface area contributed by atoms with E-state index in [2.05, 4.69) is 15.6 Å². The van der Waals surface area contributed by atoms with Gasteiger partial charge in [0.05, 0.1) is 19.3 Å². The van der Waals surface area contributed by atoms with Crippen molar-refractivity contribution in [2.75, 3.05) is 39.5 Å². The van der Waals surface area contributed by atoms with Gasteiger partial charge < -0.3 is 20.1 Å². The lowest BCUT2D eigenvalue weighted by atomic mass is 9.84. The molecule has 1 aromatic carbocycles. The lowest BCUT2D eigenvalue weighted by molar-refractivity contribution is 0.0168. The minimum Gasteiger partial charge on any atom is -0.379 e. The molecule has 0 radical (unpaired) electrons. The fourth-order valence-corrected chi connectivity index (χ4v) is 3.09. The van der Waals surface area contributed by atoms with Gasteiger partial charge in [0.1, 0.15) is 5.82 Å². The molecule has 0 amide bonds. The standard InChI is InChI=1S/C21H34FN3O2/c1-4-23-20(24-12-8-13-26-15-17-9-7-14-27-17)25-16-21(2,3)18-10-5-6-11-19(18)22/h5-6,10-11,17H,4,7-9,12-16H2,1-3H3,(H2,23,24,25). The van der Waals surface area contributed by atoms with Crippen LogP contribution in [0.15, 0.2) is 29.3 Å². The highest BCUT2D eigenvalue weighted by atomic mass is 19.1. The Kier molecular flexibility index (Phi) is 9.01. The second-order valence-electron chi connectivity index (χ2n) is 7.55. The number of hydrogen-bond acceptors (Lipinski definition) is 3. The van der Waals surface area contributed by atoms with Gasteiger partial charge in [-0.1, -0.05) is 32.0 Å². The van der Waals surface area contributed by atoms with Crippen molar-refractivity contribution < 1.29 is 13.9 Å². The van der Waals surface area contributed by atoms with Crippen LogP contribution >= 0.6 is 0 Å². The van der Waals surface area contributed by atoms with Crippen LogP contribution in [0.25, 0.3) is 0 Å². The van der Waals surface area contributed by atoms with Crippen LogP contribution in [0.1, 0.15) is 45.6 Å². The van der Waals surface area contributed by atoms with Gasteiger partial charge in [-0.05, 0) is 37.8 Å². The van der Waals surface area contributed by atoms with Crippen LogP contribution in [-0.4, -0.2) is 51.5 Å². The highest BCUT2D eigenvalue weighted by molar-refractivity contribution is 5.79. The Morgan fingerprint density at radius 3 is 2.85 bits per heavy atom. The van der Waals surface area contributed by atoms with Crippen LogP contribution in [0, 0.1) is 5.82 Å². The minimum absolute atomic E-state index is 0.181. The van der Waals surface area contributed by atoms with E-state index in [1.165, 1.54) is 6.07 Å². The number of halogens is 1. The van der Waals surface area contributed by atoms with E-state index in [0.717, 1.165) is 44.9 Å². The summed E-state index contributed by atoms with van der Waals surface area (Å²) in [5.74, 6) is 0.570. The van der Waals surface area contributed by atoms with Crippen molar-refractivity contribution in [2.45, 2.75) is 51.6 Å². The Bertz CT molecular complexity index is 587. The third kappa shape index (κ3) is 7.46. The van der Waals surface area contributed by atoms with Crippen LogP contribution in [0.5, 0.6) is 0 Å². The number of ether oxygens (including phenoxy) is 2. The number of nitrogens with one attached hydrogen (secondary N) is 2. The predicted molar refractivity (Wildman–Crippen MR) is 108 cm³/mol. The maximum atomic E-state index is 14.1. The lowest BCUT2D eigenvalue weighted by Gasteiger charge is -2.24. The summed E-state index contributed by atoms with van der Waals surface area (Å²) in [4.78, 5) is 4.65. The average Bonchev–Trinajstić information content (AvgIpc) is 3.16. The normalized spacial score (nSPS) is 17.9. The van der Waals surface area contributed by atoms with E-state index < -0.39 is 0 Å². The molecule has 1 atom stereocenters. The van der Waals surface area contributed by atoms with E-state index in [0.29, 0.717) is 25.3 Å². The number of nitrogens with zero attached hydrogens (tertiary/aromatic N) is 1. The molecule has 1 aliphatic rings. The van der Waals surface area contributed by atoms with E-state index in [1.54, 1.807) is 6.07 Å². The smallest absolute Gasteiger partial charge is 0.191 e. The molecule has 1 heterocycles. The lowest BCUT2D eigenvalue weighted by Crippen LogP contribution is -2.39. The summed E-state index contributed by atoms with van der Waals surface area (Å²) in [7, 11) is 0. The van der Waals surface area contributed by atoms with Gasteiger partial charge in [-0.25, -0.2) is 4.39 Å². The maximum absolute atomic E-state index is 14.1. The third-order valence-electron chi connectivity index (χ3n) is 4.67. The van der Waals surface area contributed by atoms with Crippen molar-refractivity contribution in [3.63, 3.8) is 0 Å². The molecule has 1 saturated heterocycles. The van der Waals surface area contributed by atoms with E-state index in [4.69, 9.17) is 9.47 Å². The largest absolute Gasteiger partial charge is 0.379 e. The zero-order chi connectivity index (χ0) is 19.5. The monoisotopic (exact) mass is 379 g/mol. The topological polar surface area (TPSA) is 54.9 Å². The first-order chi connectivity index (χ1) is 13.0. The zero-order valence-corrected chi connectivity index (χ0v) is 16.9. The zero-order valence-electron chi connectivity index (χ0n) is 16.9. The highest BCUT2D eigenvalue weighted by Crippen LogP contribution is 2.25. The summed E-state index contributed by atoms with van der Waals surface area (Å²) < 4.78 is 25.3. The van der Waals surface area contributed by atoms with Crippen molar-refractivity contribution in [3.8, 4) is 0 Å².